The Morgan fingerprint density at radius 1 is 1.10 bits per heavy atom. The molecule has 2 unspecified atom stereocenters. The van der Waals surface area contributed by atoms with Gasteiger partial charge in [-0.15, -0.1) is 0 Å². The normalized spacial score (nSPS) is 25.1. The molecule has 1 fully saturated rings. The molecule has 20 heavy (non-hydrogen) atoms. The molecule has 0 radical (unpaired) electrons. The lowest BCUT2D eigenvalue weighted by molar-refractivity contribution is -0.131. The first kappa shape index (κ1) is 12.9. The first-order valence-electron chi connectivity index (χ1n) is 6.77. The van der Waals surface area contributed by atoms with Gasteiger partial charge in [0.1, 0.15) is 5.60 Å². The SMILES string of the molecule is CC1N(C(=O)c2ccccc2)CC1(O)c1ccccc1. The monoisotopic (exact) mass is 267 g/mol. The second kappa shape index (κ2) is 4.76. The lowest BCUT2D eigenvalue weighted by Crippen LogP contribution is -2.67. The van der Waals surface area contributed by atoms with Crippen LogP contribution in [0.1, 0.15) is 22.8 Å². The molecule has 0 aliphatic carbocycles. The van der Waals surface area contributed by atoms with E-state index >= 15 is 0 Å². The second-order valence-corrected chi connectivity index (χ2v) is 5.27. The van der Waals surface area contributed by atoms with Crippen LogP contribution in [0, 0.1) is 0 Å². The maximum Gasteiger partial charge on any atom is 0.254 e. The molecule has 1 aliphatic rings. The molecule has 2 aromatic rings. The third-order valence-electron chi connectivity index (χ3n) is 4.13. The summed E-state index contributed by atoms with van der Waals surface area (Å²) in [6.07, 6.45) is 0. The van der Waals surface area contributed by atoms with Gasteiger partial charge in [-0.25, -0.2) is 0 Å². The predicted molar refractivity (Wildman–Crippen MR) is 77.3 cm³/mol. The summed E-state index contributed by atoms with van der Waals surface area (Å²) >= 11 is 0. The van der Waals surface area contributed by atoms with Gasteiger partial charge in [-0.1, -0.05) is 48.5 Å². The van der Waals surface area contributed by atoms with Gasteiger partial charge in [-0.3, -0.25) is 4.79 Å². The van der Waals surface area contributed by atoms with Crippen LogP contribution in [0.25, 0.3) is 0 Å². The van der Waals surface area contributed by atoms with Crippen molar-refractivity contribution in [1.29, 1.82) is 0 Å². The van der Waals surface area contributed by atoms with E-state index in [9.17, 15) is 9.90 Å². The van der Waals surface area contributed by atoms with Gasteiger partial charge in [0.05, 0.1) is 12.6 Å². The number of β-amino-alcohol motifs (C(OH)–C–C–N with tert-alkyl or cyclic N) is 1. The van der Waals surface area contributed by atoms with Crippen molar-refractivity contribution in [3.8, 4) is 0 Å². The van der Waals surface area contributed by atoms with Crippen molar-refractivity contribution in [2.75, 3.05) is 6.54 Å². The predicted octanol–water partition coefficient (Wildman–Crippen LogP) is 2.42. The molecule has 0 bridgehead atoms. The number of rotatable bonds is 2. The molecule has 3 rings (SSSR count). The van der Waals surface area contributed by atoms with Crippen LogP contribution in [0.2, 0.25) is 0 Å². The van der Waals surface area contributed by atoms with Gasteiger partial charge in [0.15, 0.2) is 0 Å². The Morgan fingerprint density at radius 3 is 2.20 bits per heavy atom. The van der Waals surface area contributed by atoms with E-state index in [0.717, 1.165) is 5.56 Å². The number of likely N-dealkylation sites (tertiary alicyclic amines) is 1. The van der Waals surface area contributed by atoms with E-state index in [4.69, 9.17) is 0 Å². The molecule has 0 saturated carbocycles. The minimum absolute atomic E-state index is 0.0290. The van der Waals surface area contributed by atoms with Crippen LogP contribution in [0.15, 0.2) is 60.7 Å². The van der Waals surface area contributed by atoms with Crippen LogP contribution in [-0.2, 0) is 5.60 Å². The molecule has 3 heteroatoms. The number of hydrogen-bond donors (Lipinski definition) is 1. The molecule has 0 spiro atoms. The van der Waals surface area contributed by atoms with Gasteiger partial charge in [0, 0.05) is 5.56 Å². The summed E-state index contributed by atoms with van der Waals surface area (Å²) in [5.74, 6) is -0.0290. The summed E-state index contributed by atoms with van der Waals surface area (Å²) in [6.45, 7) is 2.23. The number of hydrogen-bond acceptors (Lipinski definition) is 2. The largest absolute Gasteiger partial charge is 0.381 e. The van der Waals surface area contributed by atoms with Crippen molar-refractivity contribution in [3.63, 3.8) is 0 Å². The van der Waals surface area contributed by atoms with Crippen LogP contribution < -0.4 is 0 Å². The van der Waals surface area contributed by atoms with Gasteiger partial charge in [-0.05, 0) is 24.6 Å². The highest BCUT2D eigenvalue weighted by molar-refractivity contribution is 5.95. The smallest absolute Gasteiger partial charge is 0.254 e. The highest BCUT2D eigenvalue weighted by atomic mass is 16.3. The van der Waals surface area contributed by atoms with Crippen LogP contribution in [-0.4, -0.2) is 28.5 Å². The molecule has 3 nitrogen and oxygen atoms in total. The molecule has 102 valence electrons. The fourth-order valence-electron chi connectivity index (χ4n) is 2.73. The zero-order chi connectivity index (χ0) is 14.2. The Labute approximate surface area is 118 Å². The van der Waals surface area contributed by atoms with Crippen molar-refractivity contribution in [2.45, 2.75) is 18.6 Å². The van der Waals surface area contributed by atoms with Crippen LogP contribution in [0.5, 0.6) is 0 Å². The van der Waals surface area contributed by atoms with Crippen LogP contribution in [0.4, 0.5) is 0 Å². The number of carbonyl (C=O) groups is 1. The highest BCUT2D eigenvalue weighted by Crippen LogP contribution is 2.38. The first-order valence-corrected chi connectivity index (χ1v) is 6.77. The molecule has 2 atom stereocenters. The third kappa shape index (κ3) is 1.91. The summed E-state index contributed by atoms with van der Waals surface area (Å²) in [5, 5.41) is 10.7. The maximum atomic E-state index is 12.4. The summed E-state index contributed by atoms with van der Waals surface area (Å²) in [4.78, 5) is 14.1. The van der Waals surface area contributed by atoms with E-state index in [0.29, 0.717) is 12.1 Å². The van der Waals surface area contributed by atoms with Crippen molar-refractivity contribution in [1.82, 2.24) is 4.90 Å². The molecular weight excluding hydrogens is 250 g/mol. The minimum atomic E-state index is -0.939. The summed E-state index contributed by atoms with van der Waals surface area (Å²) in [5.41, 5.74) is 0.588. The average molecular weight is 267 g/mol. The Morgan fingerprint density at radius 2 is 1.65 bits per heavy atom. The standard InChI is InChI=1S/C17H17NO2/c1-13-17(20,15-10-6-3-7-11-15)12-18(13)16(19)14-8-4-2-5-9-14/h2-11,13,20H,12H2,1H3. The van der Waals surface area contributed by atoms with E-state index in [1.807, 2.05) is 55.5 Å². The number of aliphatic hydroxyl groups is 1. The Kier molecular flexibility index (Phi) is 3.07. The maximum absolute atomic E-state index is 12.4. The Balaban J connectivity index is 1.80. The van der Waals surface area contributed by atoms with E-state index in [2.05, 4.69) is 0 Å². The number of nitrogens with zero attached hydrogens (tertiary/aromatic N) is 1. The molecule has 1 aliphatic heterocycles. The van der Waals surface area contributed by atoms with Gasteiger partial charge >= 0.3 is 0 Å². The number of benzene rings is 2. The van der Waals surface area contributed by atoms with Crippen molar-refractivity contribution in [3.05, 3.63) is 71.8 Å². The summed E-state index contributed by atoms with van der Waals surface area (Å²) in [6, 6.07) is 18.5. The van der Waals surface area contributed by atoms with Crippen molar-refractivity contribution < 1.29 is 9.90 Å². The number of amides is 1. The van der Waals surface area contributed by atoms with Crippen molar-refractivity contribution >= 4 is 5.91 Å². The molecule has 1 heterocycles. The zero-order valence-corrected chi connectivity index (χ0v) is 11.4. The first-order chi connectivity index (χ1) is 9.63. The van der Waals surface area contributed by atoms with Gasteiger partial charge in [-0.2, -0.15) is 0 Å². The summed E-state index contributed by atoms with van der Waals surface area (Å²) in [7, 11) is 0. The van der Waals surface area contributed by atoms with E-state index in [1.54, 1.807) is 17.0 Å². The molecular formula is C17H17NO2. The summed E-state index contributed by atoms with van der Waals surface area (Å²) < 4.78 is 0. The lowest BCUT2D eigenvalue weighted by atomic mass is 9.78. The van der Waals surface area contributed by atoms with Gasteiger partial charge in [0.2, 0.25) is 0 Å². The number of carbonyl (C=O) groups excluding carboxylic acids is 1. The lowest BCUT2D eigenvalue weighted by Gasteiger charge is -2.53. The fraction of sp³-hybridized carbons (Fsp3) is 0.235. The third-order valence-corrected chi connectivity index (χ3v) is 4.13. The topological polar surface area (TPSA) is 40.5 Å². The van der Waals surface area contributed by atoms with Gasteiger partial charge in [0.25, 0.3) is 5.91 Å². The fourth-order valence-corrected chi connectivity index (χ4v) is 2.73. The second-order valence-electron chi connectivity index (χ2n) is 5.27. The molecule has 0 aromatic heterocycles. The molecule has 1 saturated heterocycles. The van der Waals surface area contributed by atoms with E-state index in [1.165, 1.54) is 0 Å². The van der Waals surface area contributed by atoms with Crippen LogP contribution >= 0.6 is 0 Å². The van der Waals surface area contributed by atoms with E-state index < -0.39 is 5.60 Å². The van der Waals surface area contributed by atoms with Crippen molar-refractivity contribution in [2.24, 2.45) is 0 Å². The van der Waals surface area contributed by atoms with Crippen LogP contribution in [0.3, 0.4) is 0 Å². The molecule has 2 aromatic carbocycles. The molecule has 1 amide bonds. The highest BCUT2D eigenvalue weighted by Gasteiger charge is 2.52. The van der Waals surface area contributed by atoms with Gasteiger partial charge < -0.3 is 10.0 Å². The zero-order valence-electron chi connectivity index (χ0n) is 11.4. The van der Waals surface area contributed by atoms with E-state index in [-0.39, 0.29) is 11.9 Å². The minimum Gasteiger partial charge on any atom is -0.381 e. The Bertz CT molecular complexity index is 611. The quantitative estimate of drug-likeness (QED) is 0.907. The average Bonchev–Trinajstić information content (AvgIpc) is 2.53. The Hall–Kier alpha value is -2.13. The molecule has 1 N–H and O–H groups in total.